The zero-order chi connectivity index (χ0) is 14.3. The molecule has 0 atom stereocenters. The molecule has 0 aliphatic heterocycles. The lowest BCUT2D eigenvalue weighted by Gasteiger charge is -2.31. The molecule has 1 aromatic rings. The predicted octanol–water partition coefficient (Wildman–Crippen LogP) is 2.63. The molecule has 1 aromatic heterocycles. The monoisotopic (exact) mass is 272 g/mol. The van der Waals surface area contributed by atoms with Gasteiger partial charge in [-0.25, -0.2) is 4.57 Å². The van der Waals surface area contributed by atoms with Crippen molar-refractivity contribution in [2.45, 2.75) is 57.1 Å². The number of aryl methyl sites for hydroxylation is 1. The van der Waals surface area contributed by atoms with E-state index in [1.807, 2.05) is 30.6 Å². The number of carbonyl (C=O) groups excluding carboxylic acids is 1. The molecule has 0 bridgehead atoms. The number of esters is 1. The van der Waals surface area contributed by atoms with Crippen LogP contribution in [0.2, 0.25) is 0 Å². The number of hydrogen-bond donors (Lipinski definition) is 0. The minimum atomic E-state index is -0.630. The van der Waals surface area contributed by atoms with E-state index in [9.17, 15) is 4.79 Å². The zero-order valence-corrected chi connectivity index (χ0v) is 11.9. The lowest BCUT2D eigenvalue weighted by molar-refractivity contribution is -0.697. The van der Waals surface area contributed by atoms with E-state index in [4.69, 9.17) is 11.2 Å². The summed E-state index contributed by atoms with van der Waals surface area (Å²) in [4.78, 5) is 11.9. The molecule has 1 aliphatic rings. The van der Waals surface area contributed by atoms with Gasteiger partial charge in [-0.3, -0.25) is 4.79 Å². The average Bonchev–Trinajstić information content (AvgIpc) is 2.49. The Balaban J connectivity index is 1.76. The Hall–Kier alpha value is -1.82. The second kappa shape index (κ2) is 7.09. The van der Waals surface area contributed by atoms with Crippen molar-refractivity contribution in [3.63, 3.8) is 0 Å². The molecule has 1 saturated carbocycles. The molecule has 3 heteroatoms. The number of hydrogen-bond acceptors (Lipinski definition) is 2. The van der Waals surface area contributed by atoms with Gasteiger partial charge in [0.25, 0.3) is 0 Å². The first-order chi connectivity index (χ1) is 9.74. The summed E-state index contributed by atoms with van der Waals surface area (Å²) in [5.41, 5.74) is -0.630. The van der Waals surface area contributed by atoms with Gasteiger partial charge in [-0.05, 0) is 25.7 Å². The second-order valence-electron chi connectivity index (χ2n) is 5.39. The van der Waals surface area contributed by atoms with Crippen LogP contribution in [0.3, 0.4) is 0 Å². The van der Waals surface area contributed by atoms with Crippen molar-refractivity contribution in [2.75, 3.05) is 0 Å². The third-order valence-electron chi connectivity index (χ3n) is 3.81. The van der Waals surface area contributed by atoms with Crippen LogP contribution in [-0.4, -0.2) is 11.6 Å². The first-order valence-electron chi connectivity index (χ1n) is 7.38. The standard InChI is InChI=1S/C17H22NO2/c1-2-17(11-5-3-6-12-17)20-16(19)10-9-15-18-13-7-4-8-14-18/h1,4,7-8,13-14H,3,5-6,9-12,15H2/q+1. The van der Waals surface area contributed by atoms with Crippen LogP contribution in [0.25, 0.3) is 0 Å². The number of terminal acetylenes is 1. The molecule has 0 N–H and O–H groups in total. The fraction of sp³-hybridized carbons (Fsp3) is 0.529. The van der Waals surface area contributed by atoms with Crippen molar-refractivity contribution in [3.05, 3.63) is 30.6 Å². The van der Waals surface area contributed by atoms with Crippen LogP contribution in [0, 0.1) is 12.3 Å². The third-order valence-corrected chi connectivity index (χ3v) is 3.81. The van der Waals surface area contributed by atoms with Gasteiger partial charge in [0.15, 0.2) is 18.0 Å². The van der Waals surface area contributed by atoms with Crippen molar-refractivity contribution < 1.29 is 14.1 Å². The second-order valence-corrected chi connectivity index (χ2v) is 5.39. The first-order valence-corrected chi connectivity index (χ1v) is 7.38. The maximum atomic E-state index is 11.9. The van der Waals surface area contributed by atoms with Crippen LogP contribution in [0.1, 0.15) is 44.9 Å². The van der Waals surface area contributed by atoms with E-state index in [1.54, 1.807) is 0 Å². The first kappa shape index (κ1) is 14.6. The molecule has 0 radical (unpaired) electrons. The minimum absolute atomic E-state index is 0.165. The largest absolute Gasteiger partial charge is 0.446 e. The quantitative estimate of drug-likeness (QED) is 0.468. The summed E-state index contributed by atoms with van der Waals surface area (Å²) in [6.45, 7) is 0.818. The highest BCUT2D eigenvalue weighted by Crippen LogP contribution is 2.31. The van der Waals surface area contributed by atoms with Crippen LogP contribution >= 0.6 is 0 Å². The SMILES string of the molecule is C#CC1(OC(=O)CCC[n+]2ccccc2)CCCCC1. The Kier molecular flexibility index (Phi) is 5.17. The maximum absolute atomic E-state index is 11.9. The molecule has 3 nitrogen and oxygen atoms in total. The summed E-state index contributed by atoms with van der Waals surface area (Å²) in [6, 6.07) is 5.94. The lowest BCUT2D eigenvalue weighted by Crippen LogP contribution is -2.36. The van der Waals surface area contributed by atoms with Crippen molar-refractivity contribution >= 4 is 5.97 Å². The van der Waals surface area contributed by atoms with Crippen LogP contribution in [0.4, 0.5) is 0 Å². The van der Waals surface area contributed by atoms with Gasteiger partial charge in [-0.2, -0.15) is 0 Å². The fourth-order valence-corrected chi connectivity index (χ4v) is 2.66. The number of aromatic nitrogens is 1. The van der Waals surface area contributed by atoms with Gasteiger partial charge in [0.1, 0.15) is 6.54 Å². The molecule has 0 unspecified atom stereocenters. The fourth-order valence-electron chi connectivity index (χ4n) is 2.66. The normalized spacial score (nSPS) is 17.1. The zero-order valence-electron chi connectivity index (χ0n) is 11.9. The van der Waals surface area contributed by atoms with E-state index in [1.165, 1.54) is 6.42 Å². The Morgan fingerprint density at radius 2 is 1.90 bits per heavy atom. The van der Waals surface area contributed by atoms with Gasteiger partial charge < -0.3 is 4.74 Å². The van der Waals surface area contributed by atoms with Crippen LogP contribution in [-0.2, 0) is 16.1 Å². The van der Waals surface area contributed by atoms with E-state index in [0.29, 0.717) is 6.42 Å². The van der Waals surface area contributed by atoms with Gasteiger partial charge in [-0.1, -0.05) is 18.4 Å². The Bertz CT molecular complexity index is 470. The maximum Gasteiger partial charge on any atom is 0.307 e. The molecule has 20 heavy (non-hydrogen) atoms. The van der Waals surface area contributed by atoms with E-state index in [0.717, 1.165) is 38.6 Å². The van der Waals surface area contributed by atoms with Gasteiger partial charge in [-0.15, -0.1) is 6.42 Å². The lowest BCUT2D eigenvalue weighted by atomic mass is 9.85. The number of rotatable bonds is 5. The molecule has 0 amide bonds. The Labute approximate surface area is 121 Å². The van der Waals surface area contributed by atoms with Crippen molar-refractivity contribution in [3.8, 4) is 12.3 Å². The highest BCUT2D eigenvalue weighted by Gasteiger charge is 2.33. The topological polar surface area (TPSA) is 30.2 Å². The van der Waals surface area contributed by atoms with Crippen LogP contribution in [0.5, 0.6) is 0 Å². The average molecular weight is 272 g/mol. The minimum Gasteiger partial charge on any atom is -0.446 e. The number of carbonyl (C=O) groups is 1. The van der Waals surface area contributed by atoms with Gasteiger partial charge in [0.05, 0.1) is 6.42 Å². The van der Waals surface area contributed by atoms with E-state index < -0.39 is 5.60 Å². The molecule has 2 rings (SSSR count). The summed E-state index contributed by atoms with van der Waals surface area (Å²) < 4.78 is 7.64. The van der Waals surface area contributed by atoms with Crippen molar-refractivity contribution in [2.24, 2.45) is 0 Å². The third kappa shape index (κ3) is 4.09. The molecule has 0 saturated heterocycles. The van der Waals surface area contributed by atoms with E-state index >= 15 is 0 Å². The smallest absolute Gasteiger partial charge is 0.307 e. The molecular formula is C17H22NO2+. The summed E-state index contributed by atoms with van der Waals surface area (Å²) in [7, 11) is 0. The van der Waals surface area contributed by atoms with Crippen LogP contribution < -0.4 is 4.57 Å². The predicted molar refractivity (Wildman–Crippen MR) is 76.6 cm³/mol. The highest BCUT2D eigenvalue weighted by atomic mass is 16.6. The summed E-state index contributed by atoms with van der Waals surface area (Å²) >= 11 is 0. The van der Waals surface area contributed by atoms with Crippen molar-refractivity contribution in [1.29, 1.82) is 0 Å². The Morgan fingerprint density at radius 3 is 2.55 bits per heavy atom. The van der Waals surface area contributed by atoms with Gasteiger partial charge >= 0.3 is 5.97 Å². The number of nitrogens with zero attached hydrogens (tertiary/aromatic N) is 1. The van der Waals surface area contributed by atoms with E-state index in [-0.39, 0.29) is 5.97 Å². The molecule has 1 aliphatic carbocycles. The Morgan fingerprint density at radius 1 is 1.20 bits per heavy atom. The van der Waals surface area contributed by atoms with E-state index in [2.05, 4.69) is 10.5 Å². The molecule has 0 spiro atoms. The van der Waals surface area contributed by atoms with Gasteiger partial charge in [0, 0.05) is 18.6 Å². The molecule has 1 heterocycles. The number of pyridine rings is 1. The molecule has 0 aromatic carbocycles. The van der Waals surface area contributed by atoms with Crippen molar-refractivity contribution in [1.82, 2.24) is 0 Å². The number of ether oxygens (including phenoxy) is 1. The highest BCUT2D eigenvalue weighted by molar-refractivity contribution is 5.70. The van der Waals surface area contributed by atoms with Gasteiger partial charge in [0.2, 0.25) is 0 Å². The summed E-state index contributed by atoms with van der Waals surface area (Å²) in [5, 5.41) is 0. The van der Waals surface area contributed by atoms with Crippen LogP contribution in [0.15, 0.2) is 30.6 Å². The molecular weight excluding hydrogens is 250 g/mol. The summed E-state index contributed by atoms with van der Waals surface area (Å²) in [6.07, 6.45) is 15.7. The summed E-state index contributed by atoms with van der Waals surface area (Å²) in [5.74, 6) is 2.54. The molecule has 106 valence electrons. The molecule has 1 fully saturated rings.